The molecule has 1 spiro atoms. The fourth-order valence-electron chi connectivity index (χ4n) is 3.85. The second kappa shape index (κ2) is 7.37. The molecule has 1 atom stereocenters. The first-order valence-electron chi connectivity index (χ1n) is 9.25. The number of aromatic nitrogens is 1. The molecule has 4 rings (SSSR count). The highest BCUT2D eigenvalue weighted by Crippen LogP contribution is 2.36. The number of halogens is 1. The summed E-state index contributed by atoms with van der Waals surface area (Å²) in [5.41, 5.74) is 1.92. The van der Waals surface area contributed by atoms with Crippen LogP contribution < -0.4 is 0 Å². The molecule has 2 fully saturated rings. The number of aryl methyl sites for hydroxylation is 1. The van der Waals surface area contributed by atoms with Gasteiger partial charge in [0.15, 0.2) is 0 Å². The average molecular weight is 370 g/mol. The fraction of sp³-hybridized carbons (Fsp3) is 0.429. The van der Waals surface area contributed by atoms with E-state index < -0.39 is 5.82 Å². The predicted molar refractivity (Wildman–Crippen MR) is 97.8 cm³/mol. The van der Waals surface area contributed by atoms with Crippen LogP contribution in [0.15, 0.2) is 42.7 Å². The van der Waals surface area contributed by atoms with Gasteiger partial charge in [-0.2, -0.15) is 0 Å². The Hall–Kier alpha value is -2.31. The Morgan fingerprint density at radius 1 is 1.37 bits per heavy atom. The average Bonchev–Trinajstić information content (AvgIpc) is 2.64. The molecule has 0 aliphatic carbocycles. The minimum atomic E-state index is -0.485. The molecule has 3 heterocycles. The lowest BCUT2D eigenvalue weighted by atomic mass is 9.84. The molecule has 1 amide bonds. The molecule has 5 nitrogen and oxygen atoms in total. The van der Waals surface area contributed by atoms with E-state index in [9.17, 15) is 9.18 Å². The molecule has 1 aromatic heterocycles. The molecule has 1 unspecified atom stereocenters. The number of benzene rings is 1. The normalized spacial score (nSPS) is 21.1. The molecule has 1 aromatic carbocycles. The van der Waals surface area contributed by atoms with Crippen molar-refractivity contribution >= 4 is 5.91 Å². The summed E-state index contributed by atoms with van der Waals surface area (Å²) in [7, 11) is 0. The van der Waals surface area contributed by atoms with Gasteiger partial charge in [-0.25, -0.2) is 4.39 Å². The third-order valence-corrected chi connectivity index (χ3v) is 5.21. The fourth-order valence-corrected chi connectivity index (χ4v) is 3.85. The lowest BCUT2D eigenvalue weighted by molar-refractivity contribution is -0.188. The van der Waals surface area contributed by atoms with Gasteiger partial charge in [-0.3, -0.25) is 9.78 Å². The zero-order valence-electron chi connectivity index (χ0n) is 15.4. The van der Waals surface area contributed by atoms with Gasteiger partial charge >= 0.3 is 0 Å². The molecule has 0 N–H and O–H groups in total. The van der Waals surface area contributed by atoms with Gasteiger partial charge in [-0.05, 0) is 36.6 Å². The second-order valence-corrected chi connectivity index (χ2v) is 7.47. The Morgan fingerprint density at radius 3 is 2.96 bits per heavy atom. The second-order valence-electron chi connectivity index (χ2n) is 7.47. The number of likely N-dealkylation sites (tertiary alicyclic amines) is 1. The van der Waals surface area contributed by atoms with Crippen molar-refractivity contribution in [2.24, 2.45) is 0 Å². The summed E-state index contributed by atoms with van der Waals surface area (Å²) in [5.74, 6) is -0.766. The van der Waals surface area contributed by atoms with Crippen LogP contribution in [0.5, 0.6) is 0 Å². The summed E-state index contributed by atoms with van der Waals surface area (Å²) < 4.78 is 25.9. The highest BCUT2D eigenvalue weighted by atomic mass is 19.1. The van der Waals surface area contributed by atoms with Crippen molar-refractivity contribution in [3.8, 4) is 0 Å². The zero-order chi connectivity index (χ0) is 18.9. The number of ether oxygens (including phenoxy) is 2. The third kappa shape index (κ3) is 3.87. The van der Waals surface area contributed by atoms with Gasteiger partial charge in [0.2, 0.25) is 0 Å². The van der Waals surface area contributed by atoms with Crippen LogP contribution in [0.1, 0.15) is 34.3 Å². The largest absolute Gasteiger partial charge is 0.373 e. The number of hydrogen-bond acceptors (Lipinski definition) is 4. The summed E-state index contributed by atoms with van der Waals surface area (Å²) >= 11 is 0. The summed E-state index contributed by atoms with van der Waals surface area (Å²) in [4.78, 5) is 18.3. The van der Waals surface area contributed by atoms with Crippen molar-refractivity contribution in [3.63, 3.8) is 0 Å². The lowest BCUT2D eigenvalue weighted by Gasteiger charge is -2.53. The molecular formula is C21H23FN2O3. The van der Waals surface area contributed by atoms with Crippen molar-refractivity contribution < 1.29 is 18.7 Å². The molecule has 0 bridgehead atoms. The number of nitrogens with zero attached hydrogens (tertiary/aromatic N) is 2. The van der Waals surface area contributed by atoms with E-state index in [0.717, 1.165) is 24.0 Å². The molecule has 0 saturated carbocycles. The number of pyridine rings is 1. The maximum Gasteiger partial charge on any atom is 0.257 e. The Balaban J connectivity index is 1.33. The highest BCUT2D eigenvalue weighted by Gasteiger charge is 2.49. The van der Waals surface area contributed by atoms with Crippen LogP contribution in [-0.2, 0) is 16.1 Å². The lowest BCUT2D eigenvalue weighted by Crippen LogP contribution is -2.67. The van der Waals surface area contributed by atoms with Crippen molar-refractivity contribution in [1.29, 1.82) is 0 Å². The minimum absolute atomic E-state index is 0.0879. The Bertz CT molecular complexity index is 836. The zero-order valence-corrected chi connectivity index (χ0v) is 15.4. The van der Waals surface area contributed by atoms with Crippen molar-refractivity contribution in [1.82, 2.24) is 9.88 Å². The third-order valence-electron chi connectivity index (χ3n) is 5.21. The monoisotopic (exact) mass is 370 g/mol. The number of carbonyl (C=O) groups is 1. The number of rotatable bonds is 4. The number of amides is 1. The summed E-state index contributed by atoms with van der Waals surface area (Å²) in [6.45, 7) is 4.10. The van der Waals surface area contributed by atoms with E-state index in [2.05, 4.69) is 11.1 Å². The molecule has 0 radical (unpaired) electrons. The van der Waals surface area contributed by atoms with E-state index in [1.165, 1.54) is 12.1 Å². The van der Waals surface area contributed by atoms with E-state index in [0.29, 0.717) is 26.3 Å². The van der Waals surface area contributed by atoms with Gasteiger partial charge in [0.05, 0.1) is 31.4 Å². The summed E-state index contributed by atoms with van der Waals surface area (Å²) in [6, 6.07) is 8.16. The van der Waals surface area contributed by atoms with Gasteiger partial charge in [0.1, 0.15) is 11.4 Å². The molecule has 6 heteroatoms. The maximum atomic E-state index is 13.8. The van der Waals surface area contributed by atoms with Crippen LogP contribution in [-0.4, -0.2) is 47.2 Å². The topological polar surface area (TPSA) is 51.7 Å². The molecule has 2 aliphatic heterocycles. The smallest absolute Gasteiger partial charge is 0.257 e. The van der Waals surface area contributed by atoms with Gasteiger partial charge in [0, 0.05) is 25.4 Å². The van der Waals surface area contributed by atoms with Crippen LogP contribution in [0.25, 0.3) is 0 Å². The maximum absolute atomic E-state index is 13.8. The minimum Gasteiger partial charge on any atom is -0.373 e. The standard InChI is InChI=1S/C21H23FN2O3/c1-15-8-16(11-23-10-15)12-26-17-6-7-27-21(9-17)13-24(14-21)20(25)18-4-2-3-5-19(18)22/h2-5,8,10-11,17H,6-7,9,12-14H2,1H3. The van der Waals surface area contributed by atoms with E-state index in [-0.39, 0.29) is 23.2 Å². The Morgan fingerprint density at radius 2 is 2.19 bits per heavy atom. The first-order valence-corrected chi connectivity index (χ1v) is 9.25. The summed E-state index contributed by atoms with van der Waals surface area (Å²) in [5, 5.41) is 0. The molecule has 2 saturated heterocycles. The summed E-state index contributed by atoms with van der Waals surface area (Å²) in [6.07, 6.45) is 5.31. The van der Waals surface area contributed by atoms with Gasteiger partial charge in [0.25, 0.3) is 5.91 Å². The molecule has 2 aliphatic rings. The van der Waals surface area contributed by atoms with Crippen molar-refractivity contribution in [2.75, 3.05) is 19.7 Å². The quantitative estimate of drug-likeness (QED) is 0.830. The van der Waals surface area contributed by atoms with Gasteiger partial charge in [-0.1, -0.05) is 18.2 Å². The van der Waals surface area contributed by atoms with E-state index in [4.69, 9.17) is 9.47 Å². The van der Waals surface area contributed by atoms with Crippen LogP contribution in [0, 0.1) is 12.7 Å². The highest BCUT2D eigenvalue weighted by molar-refractivity contribution is 5.95. The molecule has 27 heavy (non-hydrogen) atoms. The van der Waals surface area contributed by atoms with E-state index >= 15 is 0 Å². The molecule has 2 aromatic rings. The van der Waals surface area contributed by atoms with E-state index in [1.54, 1.807) is 17.0 Å². The first-order chi connectivity index (χ1) is 13.0. The van der Waals surface area contributed by atoms with Gasteiger partial charge in [-0.15, -0.1) is 0 Å². The Labute approximate surface area is 158 Å². The number of hydrogen-bond donors (Lipinski definition) is 0. The van der Waals surface area contributed by atoms with Crippen LogP contribution >= 0.6 is 0 Å². The Kier molecular flexibility index (Phi) is 4.93. The van der Waals surface area contributed by atoms with Gasteiger partial charge < -0.3 is 14.4 Å². The molecule has 142 valence electrons. The predicted octanol–water partition coefficient (Wildman–Crippen LogP) is 3.12. The van der Waals surface area contributed by atoms with Crippen LogP contribution in [0.2, 0.25) is 0 Å². The number of carbonyl (C=O) groups excluding carboxylic acids is 1. The van der Waals surface area contributed by atoms with E-state index in [1.807, 2.05) is 19.3 Å². The van der Waals surface area contributed by atoms with Crippen LogP contribution in [0.4, 0.5) is 4.39 Å². The van der Waals surface area contributed by atoms with Crippen LogP contribution in [0.3, 0.4) is 0 Å². The van der Waals surface area contributed by atoms with Crippen molar-refractivity contribution in [2.45, 2.75) is 38.1 Å². The van der Waals surface area contributed by atoms with Crippen molar-refractivity contribution in [3.05, 3.63) is 65.2 Å². The molecular weight excluding hydrogens is 347 g/mol. The SMILES string of the molecule is Cc1cncc(COC2CCOC3(C2)CN(C(=O)c2ccccc2F)C3)c1. The first kappa shape index (κ1) is 18.1.